The van der Waals surface area contributed by atoms with E-state index in [-0.39, 0.29) is 6.04 Å². The van der Waals surface area contributed by atoms with E-state index in [9.17, 15) is 0 Å². The minimum Gasteiger partial charge on any atom is -0.496 e. The van der Waals surface area contributed by atoms with Crippen LogP contribution in [0, 0.1) is 0 Å². The van der Waals surface area contributed by atoms with Gasteiger partial charge in [0, 0.05) is 28.7 Å². The summed E-state index contributed by atoms with van der Waals surface area (Å²) in [7, 11) is 1.75. The van der Waals surface area contributed by atoms with Crippen LogP contribution in [-0.4, -0.2) is 18.6 Å². The highest BCUT2D eigenvalue weighted by Gasteiger charge is 2.27. The van der Waals surface area contributed by atoms with Crippen molar-refractivity contribution in [1.29, 1.82) is 0 Å². The van der Waals surface area contributed by atoms with Crippen molar-refractivity contribution in [2.24, 2.45) is 0 Å². The second kappa shape index (κ2) is 8.48. The summed E-state index contributed by atoms with van der Waals surface area (Å²) in [5.74, 6) is 1.84. The molecule has 4 heteroatoms. The van der Waals surface area contributed by atoms with E-state index in [1.165, 1.54) is 33.3 Å². The highest BCUT2D eigenvalue weighted by atomic mass is 16.5. The van der Waals surface area contributed by atoms with Gasteiger partial charge in [-0.2, -0.15) is 0 Å². The molecule has 5 rings (SSSR count). The fourth-order valence-corrected chi connectivity index (χ4v) is 4.52. The molecule has 1 aliphatic heterocycles. The molecule has 0 spiro atoms. The van der Waals surface area contributed by atoms with Gasteiger partial charge in [-0.15, -0.1) is 0 Å². The van der Waals surface area contributed by atoms with Crippen molar-refractivity contribution >= 4 is 10.9 Å². The predicted molar refractivity (Wildman–Crippen MR) is 125 cm³/mol. The summed E-state index contributed by atoms with van der Waals surface area (Å²) in [4.78, 5) is 3.67. The first-order valence-electron chi connectivity index (χ1n) is 11.0. The Labute approximate surface area is 183 Å². The van der Waals surface area contributed by atoms with E-state index < -0.39 is 0 Å². The fourth-order valence-electron chi connectivity index (χ4n) is 4.52. The summed E-state index contributed by atoms with van der Waals surface area (Å²) in [5.41, 5.74) is 7.37. The van der Waals surface area contributed by atoms with Crippen LogP contribution in [0.3, 0.4) is 0 Å². The van der Waals surface area contributed by atoms with Gasteiger partial charge in [0.1, 0.15) is 18.1 Å². The van der Waals surface area contributed by atoms with Crippen molar-refractivity contribution in [3.8, 4) is 11.5 Å². The Hall–Kier alpha value is -3.24. The number of nitrogens with one attached hydrogen (secondary N) is 2. The standard InChI is InChI=1S/C27H28N2O2/c1-3-18-9-11-22(25(15-18)30-2)26-27-21(13-14-28-26)23-16-20(10-12-24(23)29-27)31-17-19-7-5-4-6-8-19/h4-12,15-16,26,28-29H,3,13-14,17H2,1-2H3. The van der Waals surface area contributed by atoms with Crippen molar-refractivity contribution in [2.75, 3.05) is 13.7 Å². The summed E-state index contributed by atoms with van der Waals surface area (Å²) in [5, 5.41) is 4.93. The van der Waals surface area contributed by atoms with Gasteiger partial charge in [0.05, 0.1) is 13.2 Å². The van der Waals surface area contributed by atoms with Crippen LogP contribution in [0.15, 0.2) is 66.7 Å². The number of benzene rings is 3. The molecule has 1 aromatic heterocycles. The zero-order chi connectivity index (χ0) is 21.2. The number of H-pyrrole nitrogens is 1. The molecular weight excluding hydrogens is 384 g/mol. The van der Waals surface area contributed by atoms with Crippen LogP contribution < -0.4 is 14.8 Å². The smallest absolute Gasteiger partial charge is 0.124 e. The predicted octanol–water partition coefficient (Wildman–Crippen LogP) is 5.55. The highest BCUT2D eigenvalue weighted by molar-refractivity contribution is 5.86. The number of rotatable bonds is 6. The average Bonchev–Trinajstić information content (AvgIpc) is 3.21. The van der Waals surface area contributed by atoms with Crippen molar-refractivity contribution < 1.29 is 9.47 Å². The lowest BCUT2D eigenvalue weighted by Crippen LogP contribution is -2.30. The van der Waals surface area contributed by atoms with Crippen molar-refractivity contribution in [2.45, 2.75) is 32.4 Å². The molecule has 1 atom stereocenters. The number of aryl methyl sites for hydroxylation is 1. The van der Waals surface area contributed by atoms with Gasteiger partial charge in [0.2, 0.25) is 0 Å². The molecule has 0 amide bonds. The largest absolute Gasteiger partial charge is 0.496 e. The maximum atomic E-state index is 6.08. The monoisotopic (exact) mass is 412 g/mol. The number of aromatic amines is 1. The van der Waals surface area contributed by atoms with Crippen LogP contribution in [0.25, 0.3) is 10.9 Å². The first-order valence-corrected chi connectivity index (χ1v) is 11.0. The summed E-state index contributed by atoms with van der Waals surface area (Å²) in [6.07, 6.45) is 1.99. The minimum atomic E-state index is 0.0886. The molecule has 1 aliphatic rings. The van der Waals surface area contributed by atoms with Crippen LogP contribution >= 0.6 is 0 Å². The lowest BCUT2D eigenvalue weighted by atomic mass is 9.93. The molecule has 1 unspecified atom stereocenters. The molecule has 3 aromatic carbocycles. The van der Waals surface area contributed by atoms with Gasteiger partial charge in [-0.05, 0) is 53.8 Å². The zero-order valence-corrected chi connectivity index (χ0v) is 18.1. The molecule has 2 heterocycles. The number of methoxy groups -OCH3 is 1. The van der Waals surface area contributed by atoms with Gasteiger partial charge in [0.25, 0.3) is 0 Å². The van der Waals surface area contributed by atoms with Crippen LogP contribution in [0.4, 0.5) is 0 Å². The zero-order valence-electron chi connectivity index (χ0n) is 18.1. The maximum absolute atomic E-state index is 6.08. The third kappa shape index (κ3) is 3.79. The van der Waals surface area contributed by atoms with Crippen molar-refractivity contribution in [3.63, 3.8) is 0 Å². The molecular formula is C27H28N2O2. The Balaban J connectivity index is 1.48. The van der Waals surface area contributed by atoms with Crippen LogP contribution in [0.1, 0.15) is 40.9 Å². The Bertz CT molecular complexity index is 1200. The number of ether oxygens (including phenoxy) is 2. The van der Waals surface area contributed by atoms with Crippen molar-refractivity contribution in [1.82, 2.24) is 10.3 Å². The van der Waals surface area contributed by atoms with Crippen LogP contribution in [-0.2, 0) is 19.4 Å². The number of hydrogen-bond acceptors (Lipinski definition) is 3. The Morgan fingerprint density at radius 3 is 2.65 bits per heavy atom. The van der Waals surface area contributed by atoms with Crippen LogP contribution in [0.2, 0.25) is 0 Å². The van der Waals surface area contributed by atoms with E-state index in [2.05, 4.69) is 59.7 Å². The minimum absolute atomic E-state index is 0.0886. The van der Waals surface area contributed by atoms with E-state index in [0.717, 1.165) is 36.4 Å². The first-order chi connectivity index (χ1) is 15.3. The number of hydrogen-bond donors (Lipinski definition) is 2. The summed E-state index contributed by atoms with van der Waals surface area (Å²) in [6.45, 7) is 3.67. The Morgan fingerprint density at radius 2 is 1.84 bits per heavy atom. The molecule has 0 aliphatic carbocycles. The van der Waals surface area contributed by atoms with Crippen LogP contribution in [0.5, 0.6) is 11.5 Å². The molecule has 0 saturated heterocycles. The topological polar surface area (TPSA) is 46.3 Å². The molecule has 0 saturated carbocycles. The second-order valence-electron chi connectivity index (χ2n) is 8.07. The van der Waals surface area contributed by atoms with Gasteiger partial charge >= 0.3 is 0 Å². The normalized spacial score (nSPS) is 15.6. The Kier molecular flexibility index (Phi) is 5.39. The molecule has 158 valence electrons. The van der Waals surface area contributed by atoms with Gasteiger partial charge < -0.3 is 19.8 Å². The first kappa shape index (κ1) is 19.7. The van der Waals surface area contributed by atoms with Gasteiger partial charge in [-0.3, -0.25) is 0 Å². The summed E-state index contributed by atoms with van der Waals surface area (Å²) in [6, 6.07) is 23.3. The molecule has 0 radical (unpaired) electrons. The molecule has 0 fully saturated rings. The van der Waals surface area contributed by atoms with Gasteiger partial charge in [-0.1, -0.05) is 49.4 Å². The van der Waals surface area contributed by atoms with E-state index in [1.54, 1.807) is 7.11 Å². The number of aromatic nitrogens is 1. The third-order valence-corrected chi connectivity index (χ3v) is 6.19. The summed E-state index contributed by atoms with van der Waals surface area (Å²) >= 11 is 0. The van der Waals surface area contributed by atoms with E-state index >= 15 is 0 Å². The quantitative estimate of drug-likeness (QED) is 0.436. The lowest BCUT2D eigenvalue weighted by molar-refractivity contribution is 0.306. The average molecular weight is 413 g/mol. The molecule has 2 N–H and O–H groups in total. The number of fused-ring (bicyclic) bond motifs is 3. The maximum Gasteiger partial charge on any atom is 0.124 e. The SMILES string of the molecule is CCc1ccc(C2NCCc3c2[nH]c2ccc(OCc4ccccc4)cc32)c(OC)c1. The van der Waals surface area contributed by atoms with Gasteiger partial charge in [-0.25, -0.2) is 0 Å². The molecule has 4 aromatic rings. The van der Waals surface area contributed by atoms with E-state index in [1.807, 2.05) is 24.3 Å². The summed E-state index contributed by atoms with van der Waals surface area (Å²) < 4.78 is 11.8. The Morgan fingerprint density at radius 1 is 0.968 bits per heavy atom. The van der Waals surface area contributed by atoms with E-state index in [0.29, 0.717) is 6.61 Å². The third-order valence-electron chi connectivity index (χ3n) is 6.19. The molecule has 31 heavy (non-hydrogen) atoms. The van der Waals surface area contributed by atoms with Gasteiger partial charge in [0.15, 0.2) is 0 Å². The lowest BCUT2D eigenvalue weighted by Gasteiger charge is -2.26. The van der Waals surface area contributed by atoms with E-state index in [4.69, 9.17) is 9.47 Å². The molecule has 0 bridgehead atoms. The van der Waals surface area contributed by atoms with Crippen molar-refractivity contribution in [3.05, 3.63) is 94.7 Å². The second-order valence-corrected chi connectivity index (χ2v) is 8.07. The molecule has 4 nitrogen and oxygen atoms in total. The highest BCUT2D eigenvalue weighted by Crippen LogP contribution is 2.38. The fraction of sp³-hybridized carbons (Fsp3) is 0.259.